The van der Waals surface area contributed by atoms with Crippen molar-refractivity contribution in [3.63, 3.8) is 0 Å². The molecule has 0 aliphatic rings. The third-order valence-corrected chi connectivity index (χ3v) is 0.979. The van der Waals surface area contributed by atoms with E-state index in [0.29, 0.717) is 5.76 Å². The number of carboxylic acids is 1. The number of rotatable bonds is 2. The quantitative estimate of drug-likeness (QED) is 0.678. The number of aromatic nitrogens is 1. The lowest BCUT2D eigenvalue weighted by atomic mass is 10.4. The molecular weight excluding hydrogens is 172 g/mol. The molecular formula is C5H7ClN2O3. The van der Waals surface area contributed by atoms with E-state index in [0.717, 1.165) is 0 Å². The first-order valence-electron chi connectivity index (χ1n) is 2.63. The molecule has 0 aromatic carbocycles. The molecule has 0 saturated carbocycles. The van der Waals surface area contributed by atoms with Crippen molar-refractivity contribution in [2.24, 2.45) is 5.73 Å². The minimum atomic E-state index is -1.11. The van der Waals surface area contributed by atoms with Crippen LogP contribution in [0, 0.1) is 0 Å². The first-order chi connectivity index (χ1) is 4.74. The van der Waals surface area contributed by atoms with Gasteiger partial charge in [0.2, 0.25) is 0 Å². The van der Waals surface area contributed by atoms with E-state index in [2.05, 4.69) is 9.68 Å². The van der Waals surface area contributed by atoms with Crippen LogP contribution in [0.4, 0.5) is 0 Å². The molecule has 62 valence electrons. The van der Waals surface area contributed by atoms with Crippen molar-refractivity contribution in [3.8, 4) is 0 Å². The van der Waals surface area contributed by atoms with Crippen molar-refractivity contribution in [1.82, 2.24) is 5.16 Å². The molecule has 5 nitrogen and oxygen atoms in total. The minimum Gasteiger partial charge on any atom is -0.476 e. The maximum absolute atomic E-state index is 10.2. The van der Waals surface area contributed by atoms with Gasteiger partial charge in [0, 0.05) is 6.07 Å². The summed E-state index contributed by atoms with van der Waals surface area (Å²) in [6.45, 7) is 0.167. The fraction of sp³-hybridized carbons (Fsp3) is 0.200. The summed E-state index contributed by atoms with van der Waals surface area (Å²) in [5, 5.41) is 11.6. The van der Waals surface area contributed by atoms with Gasteiger partial charge < -0.3 is 15.4 Å². The number of carbonyl (C=O) groups is 1. The molecule has 0 amide bonds. The Morgan fingerprint density at radius 2 is 2.45 bits per heavy atom. The molecule has 0 saturated heterocycles. The van der Waals surface area contributed by atoms with E-state index in [9.17, 15) is 4.79 Å². The Balaban J connectivity index is 0.000001000. The van der Waals surface area contributed by atoms with Crippen LogP contribution in [-0.4, -0.2) is 16.2 Å². The van der Waals surface area contributed by atoms with Gasteiger partial charge in [-0.2, -0.15) is 0 Å². The smallest absolute Gasteiger partial charge is 0.358 e. The third kappa shape index (κ3) is 2.21. The summed E-state index contributed by atoms with van der Waals surface area (Å²) in [5.41, 5.74) is 5.03. The normalized spacial score (nSPS) is 8.82. The first-order valence-corrected chi connectivity index (χ1v) is 2.63. The van der Waals surface area contributed by atoms with Crippen LogP contribution >= 0.6 is 12.4 Å². The molecule has 0 fully saturated rings. The number of hydrogen-bond donors (Lipinski definition) is 2. The number of nitrogens with two attached hydrogens (primary N) is 1. The molecule has 0 radical (unpaired) electrons. The zero-order chi connectivity index (χ0) is 7.56. The summed E-state index contributed by atoms with van der Waals surface area (Å²) in [5.74, 6) is -0.735. The summed E-state index contributed by atoms with van der Waals surface area (Å²) in [6.07, 6.45) is 0. The summed E-state index contributed by atoms with van der Waals surface area (Å²) < 4.78 is 4.52. The summed E-state index contributed by atoms with van der Waals surface area (Å²) in [7, 11) is 0. The Morgan fingerprint density at radius 3 is 2.73 bits per heavy atom. The van der Waals surface area contributed by atoms with Gasteiger partial charge in [0.1, 0.15) is 0 Å². The maximum atomic E-state index is 10.2. The van der Waals surface area contributed by atoms with E-state index >= 15 is 0 Å². The first kappa shape index (κ1) is 9.93. The van der Waals surface area contributed by atoms with Crippen LogP contribution in [0.3, 0.4) is 0 Å². The number of halogens is 1. The molecule has 0 bridgehead atoms. The number of carboxylic acid groups (broad SMARTS) is 1. The predicted molar refractivity (Wildman–Crippen MR) is 38.6 cm³/mol. The van der Waals surface area contributed by atoms with Gasteiger partial charge in [-0.05, 0) is 0 Å². The van der Waals surface area contributed by atoms with Crippen molar-refractivity contribution < 1.29 is 14.4 Å². The van der Waals surface area contributed by atoms with Crippen LogP contribution in [0.2, 0.25) is 0 Å². The van der Waals surface area contributed by atoms with E-state index in [4.69, 9.17) is 10.8 Å². The molecule has 0 aliphatic heterocycles. The second-order valence-corrected chi connectivity index (χ2v) is 1.69. The van der Waals surface area contributed by atoms with Gasteiger partial charge in [-0.1, -0.05) is 5.16 Å². The van der Waals surface area contributed by atoms with Crippen LogP contribution in [0.1, 0.15) is 16.2 Å². The second kappa shape index (κ2) is 3.95. The Labute approximate surface area is 68.6 Å². The van der Waals surface area contributed by atoms with Crippen molar-refractivity contribution in [3.05, 3.63) is 17.5 Å². The molecule has 0 spiro atoms. The molecule has 11 heavy (non-hydrogen) atoms. The van der Waals surface area contributed by atoms with Gasteiger partial charge in [-0.3, -0.25) is 0 Å². The average molecular weight is 179 g/mol. The Hall–Kier alpha value is -1.07. The number of nitrogens with zero attached hydrogens (tertiary/aromatic N) is 1. The number of aromatic carboxylic acids is 1. The minimum absolute atomic E-state index is 0. The molecule has 1 aromatic heterocycles. The Morgan fingerprint density at radius 1 is 1.82 bits per heavy atom. The van der Waals surface area contributed by atoms with E-state index in [1.807, 2.05) is 0 Å². The lowest BCUT2D eigenvalue weighted by Gasteiger charge is -1.78. The third-order valence-electron chi connectivity index (χ3n) is 0.979. The zero-order valence-electron chi connectivity index (χ0n) is 5.48. The van der Waals surface area contributed by atoms with Gasteiger partial charge in [-0.15, -0.1) is 12.4 Å². The molecule has 0 atom stereocenters. The molecule has 0 aliphatic carbocycles. The highest BCUT2D eigenvalue weighted by Gasteiger charge is 2.08. The van der Waals surface area contributed by atoms with E-state index < -0.39 is 5.97 Å². The van der Waals surface area contributed by atoms with Gasteiger partial charge in [-0.25, -0.2) is 4.79 Å². The predicted octanol–water partition coefficient (Wildman–Crippen LogP) is 0.253. The van der Waals surface area contributed by atoms with E-state index in [-0.39, 0.29) is 24.6 Å². The van der Waals surface area contributed by atoms with E-state index in [1.165, 1.54) is 6.07 Å². The molecule has 1 heterocycles. The largest absolute Gasteiger partial charge is 0.476 e. The fourth-order valence-electron chi connectivity index (χ4n) is 0.510. The van der Waals surface area contributed by atoms with Crippen molar-refractivity contribution in [2.45, 2.75) is 6.54 Å². The van der Waals surface area contributed by atoms with Crippen molar-refractivity contribution in [1.29, 1.82) is 0 Å². The lowest BCUT2D eigenvalue weighted by molar-refractivity contribution is 0.0685. The highest BCUT2D eigenvalue weighted by molar-refractivity contribution is 5.85. The van der Waals surface area contributed by atoms with Gasteiger partial charge in [0.05, 0.1) is 6.54 Å². The summed E-state index contributed by atoms with van der Waals surface area (Å²) in [6, 6.07) is 1.29. The monoisotopic (exact) mass is 178 g/mol. The van der Waals surface area contributed by atoms with Crippen molar-refractivity contribution in [2.75, 3.05) is 0 Å². The van der Waals surface area contributed by atoms with Crippen LogP contribution in [0.15, 0.2) is 10.6 Å². The van der Waals surface area contributed by atoms with E-state index in [1.54, 1.807) is 0 Å². The maximum Gasteiger partial charge on any atom is 0.358 e. The molecule has 0 unspecified atom stereocenters. The Kier molecular flexibility index (Phi) is 3.56. The Bertz CT molecular complexity index is 248. The summed E-state index contributed by atoms with van der Waals surface area (Å²) in [4.78, 5) is 10.2. The highest BCUT2D eigenvalue weighted by atomic mass is 35.5. The van der Waals surface area contributed by atoms with Gasteiger partial charge in [0.15, 0.2) is 11.5 Å². The molecule has 1 rings (SSSR count). The standard InChI is InChI=1S/C5H6N2O3.ClH/c6-2-3-1-4(5(8)9)7-10-3;/h1H,2,6H2,(H,8,9);1H. The van der Waals surface area contributed by atoms with Crippen LogP contribution < -0.4 is 5.73 Å². The molecule has 3 N–H and O–H groups in total. The fourth-order valence-corrected chi connectivity index (χ4v) is 0.510. The van der Waals surface area contributed by atoms with Crippen LogP contribution in [0.25, 0.3) is 0 Å². The van der Waals surface area contributed by atoms with Gasteiger partial charge in [0.25, 0.3) is 0 Å². The topological polar surface area (TPSA) is 89.4 Å². The van der Waals surface area contributed by atoms with Crippen LogP contribution in [-0.2, 0) is 6.54 Å². The van der Waals surface area contributed by atoms with Gasteiger partial charge >= 0.3 is 5.97 Å². The lowest BCUT2D eigenvalue weighted by Crippen LogP contribution is -1.96. The average Bonchev–Trinajstić information content (AvgIpc) is 2.34. The summed E-state index contributed by atoms with van der Waals surface area (Å²) >= 11 is 0. The highest BCUT2D eigenvalue weighted by Crippen LogP contribution is 2.01. The SMILES string of the molecule is Cl.NCc1cc(C(=O)O)no1. The number of hydrogen-bond acceptors (Lipinski definition) is 4. The van der Waals surface area contributed by atoms with Crippen molar-refractivity contribution >= 4 is 18.4 Å². The van der Waals surface area contributed by atoms with Crippen LogP contribution in [0.5, 0.6) is 0 Å². The second-order valence-electron chi connectivity index (χ2n) is 1.69. The molecule has 1 aromatic rings. The zero-order valence-corrected chi connectivity index (χ0v) is 6.30. The molecule has 6 heteroatoms.